The zero-order chi connectivity index (χ0) is 91.8. The summed E-state index contributed by atoms with van der Waals surface area (Å²) in [6.07, 6.45) is 0. The molecule has 0 N–H and O–H groups in total. The smallest absolute Gasteiger partial charge is 0.164 e. The molecule has 0 aliphatic heterocycles. The van der Waals surface area contributed by atoms with Crippen LogP contribution < -0.4 is 0 Å². The van der Waals surface area contributed by atoms with E-state index >= 15 is 0 Å². The lowest BCUT2D eigenvalue weighted by molar-refractivity contribution is 0.669. The molecule has 0 bridgehead atoms. The van der Waals surface area contributed by atoms with Gasteiger partial charge in [0.2, 0.25) is 0 Å². The fourth-order valence-corrected chi connectivity index (χ4v) is 21.5. The first-order valence-electron chi connectivity index (χ1n) is 45.3. The van der Waals surface area contributed by atoms with Crippen molar-refractivity contribution in [2.24, 2.45) is 0 Å². The molecule has 27 aromatic rings. The Bertz CT molecular complexity index is 9360. The summed E-state index contributed by atoms with van der Waals surface area (Å²) in [5, 5.41) is 42.9. The molecule has 18 aromatic carbocycles. The molecule has 27 rings (SSSR count). The summed E-state index contributed by atoms with van der Waals surface area (Å²) in [5.74, 6) is 2.99. The number of rotatable bonds is 12. The van der Waals surface area contributed by atoms with Crippen LogP contribution in [0.4, 0.5) is 0 Å². The summed E-state index contributed by atoms with van der Waals surface area (Å²) in [4.78, 5) is 35.0. The van der Waals surface area contributed by atoms with E-state index in [9.17, 15) is 15.8 Å². The monoisotopic (exact) mass is 1800 g/mol. The Labute approximate surface area is 798 Å². The third kappa shape index (κ3) is 14.6. The fraction of sp³-hybridized carbons (Fsp3) is 0. The Balaban J connectivity index is 0.000000110. The quantitative estimate of drug-likeness (QED) is 0.113. The van der Waals surface area contributed by atoms with Crippen molar-refractivity contribution >= 4 is 150 Å². The number of nitrogens with zero attached hydrogens (tertiary/aromatic N) is 13. The molecule has 16 heteroatoms. The van der Waals surface area contributed by atoms with E-state index in [2.05, 4.69) is 299 Å². The molecule has 0 saturated carbocycles. The van der Waals surface area contributed by atoms with Crippen molar-refractivity contribution in [2.45, 2.75) is 0 Å². The second kappa shape index (κ2) is 34.1. The van der Waals surface area contributed by atoms with Crippen LogP contribution in [0.1, 0.15) is 16.7 Å². The van der Waals surface area contributed by atoms with Crippen molar-refractivity contribution in [1.29, 1.82) is 15.8 Å². The van der Waals surface area contributed by atoms with Crippen LogP contribution in [0.5, 0.6) is 0 Å². The average molecular weight is 1800 g/mol. The van der Waals surface area contributed by atoms with E-state index in [1.807, 2.05) is 168 Å². The van der Waals surface area contributed by atoms with Crippen LogP contribution in [-0.2, 0) is 0 Å². The minimum atomic E-state index is 0.558. The Morgan fingerprint density at radius 3 is 0.949 bits per heavy atom. The highest BCUT2D eigenvalue weighted by Crippen LogP contribution is 2.46. The van der Waals surface area contributed by atoms with Crippen molar-refractivity contribution in [1.82, 2.24) is 48.6 Å². The van der Waals surface area contributed by atoms with Crippen molar-refractivity contribution in [3.8, 4) is 137 Å². The van der Waals surface area contributed by atoms with Crippen molar-refractivity contribution < 1.29 is 4.42 Å². The SMILES string of the molecule is N#Cc1ccc(-c2nc(-c3ccccc3)nc(-c3cccc(-n4c5ccccc5c5cc6sc7ccccc7c6cc54)c3)n2)cc1.N#Cc1cccc(-c2cc(-c3ccccc3)nc(-c3cccc(-n4c5ccccc5c5cc6oc7ccccc7c6cc54)c3)n2)c1.N#Cc1cccc(-c2cc(-c3ccccc3)nc(-c3cccc(-n4c5ccccc5c5cc6sc7ccccc7c6cc54)c3)n2)c1. The first kappa shape index (κ1) is 81.2. The zero-order valence-electron chi connectivity index (χ0n) is 73.5. The van der Waals surface area contributed by atoms with Crippen LogP contribution in [0.2, 0.25) is 0 Å². The standard InChI is InChI=1S/C41H24N4O.C41H24N4S.C40H23N5S/c2*42-25-26-10-8-13-28(20-26)36-24-35(27-11-2-1-3-12-27)43-41(44-36)29-14-9-15-30(21-29)45-37-18-6-4-16-31(37)33-23-40-34(22-38(33)45)32-17-5-7-19-39(32)46-40;41-24-25-17-19-27(20-18-25)39-42-38(26-9-2-1-3-10-26)43-40(44-39)28-11-8-12-29(21-28)45-34-15-6-4-13-30(34)32-23-37-33(22-35(32)45)31-14-5-7-16-36(31)46-37/h2*1-24H;1-23H. The van der Waals surface area contributed by atoms with Crippen LogP contribution >= 0.6 is 22.7 Å². The first-order chi connectivity index (χ1) is 68.2. The van der Waals surface area contributed by atoms with E-state index < -0.39 is 0 Å². The van der Waals surface area contributed by atoms with E-state index in [1.165, 1.54) is 67.4 Å². The van der Waals surface area contributed by atoms with E-state index in [-0.39, 0.29) is 0 Å². The molecule has 0 saturated heterocycles. The molecule has 0 amide bonds. The van der Waals surface area contributed by atoms with Gasteiger partial charge in [-0.2, -0.15) is 15.8 Å². The molecular weight excluding hydrogens is 1730 g/mol. The summed E-state index contributed by atoms with van der Waals surface area (Å²) >= 11 is 3.69. The lowest BCUT2D eigenvalue weighted by Gasteiger charge is -2.12. The highest BCUT2D eigenvalue weighted by molar-refractivity contribution is 7.26. The molecule has 0 spiro atoms. The number of nitriles is 3. The number of thiophene rings is 2. The molecule has 9 heterocycles. The van der Waals surface area contributed by atoms with Crippen molar-refractivity contribution in [3.05, 3.63) is 447 Å². The number of para-hydroxylation sites is 4. The minimum Gasteiger partial charge on any atom is -0.456 e. The van der Waals surface area contributed by atoms with Gasteiger partial charge in [0.05, 0.1) is 90.8 Å². The molecule has 0 atom stereocenters. The van der Waals surface area contributed by atoms with Gasteiger partial charge in [-0.1, -0.05) is 261 Å². The highest BCUT2D eigenvalue weighted by Gasteiger charge is 2.24. The normalized spacial score (nSPS) is 11.5. The van der Waals surface area contributed by atoms with Gasteiger partial charge in [0.15, 0.2) is 29.1 Å². The predicted molar refractivity (Wildman–Crippen MR) is 563 cm³/mol. The summed E-state index contributed by atoms with van der Waals surface area (Å²) < 4.78 is 18.5. The van der Waals surface area contributed by atoms with Crippen molar-refractivity contribution in [2.75, 3.05) is 0 Å². The van der Waals surface area contributed by atoms with Crippen LogP contribution in [0.15, 0.2) is 435 Å². The number of hydrogen-bond acceptors (Lipinski definition) is 13. The number of hydrogen-bond donors (Lipinski definition) is 0. The van der Waals surface area contributed by atoms with Crippen LogP contribution in [0, 0.1) is 34.0 Å². The first-order valence-corrected chi connectivity index (χ1v) is 46.9. The maximum absolute atomic E-state index is 9.56. The summed E-state index contributed by atoms with van der Waals surface area (Å²) in [6.45, 7) is 0. The molecular formula is C122H71N13OS2. The van der Waals surface area contributed by atoms with Gasteiger partial charge in [-0.3, -0.25) is 0 Å². The van der Waals surface area contributed by atoms with Crippen molar-refractivity contribution in [3.63, 3.8) is 0 Å². The predicted octanol–water partition coefficient (Wildman–Crippen LogP) is 31.4. The average Bonchev–Trinajstić information content (AvgIpc) is 1.58. The van der Waals surface area contributed by atoms with E-state index in [1.54, 1.807) is 18.2 Å². The fourth-order valence-electron chi connectivity index (χ4n) is 19.2. The molecule has 14 nitrogen and oxygen atoms in total. The lowest BCUT2D eigenvalue weighted by atomic mass is 10.0. The van der Waals surface area contributed by atoms with Gasteiger partial charge in [0.25, 0.3) is 0 Å². The highest BCUT2D eigenvalue weighted by atomic mass is 32.1. The Kier molecular flexibility index (Phi) is 20.1. The van der Waals surface area contributed by atoms with Crippen LogP contribution in [0.3, 0.4) is 0 Å². The molecule has 0 aliphatic rings. The van der Waals surface area contributed by atoms with Gasteiger partial charge in [0.1, 0.15) is 11.2 Å². The third-order valence-corrected chi connectivity index (χ3v) is 28.0. The molecule has 9 aromatic heterocycles. The second-order valence-electron chi connectivity index (χ2n) is 34.0. The second-order valence-corrected chi connectivity index (χ2v) is 36.2. The van der Waals surface area contributed by atoms with Gasteiger partial charge in [0, 0.05) is 151 Å². The summed E-state index contributed by atoms with van der Waals surface area (Å²) in [6, 6.07) is 154. The van der Waals surface area contributed by atoms with Crippen LogP contribution in [0.25, 0.3) is 247 Å². The number of fused-ring (bicyclic) bond motifs is 18. The molecule has 642 valence electrons. The summed E-state index contributed by atoms with van der Waals surface area (Å²) in [7, 11) is 0. The summed E-state index contributed by atoms with van der Waals surface area (Å²) in [5.41, 5.74) is 24.9. The van der Waals surface area contributed by atoms with Gasteiger partial charge >= 0.3 is 0 Å². The number of benzene rings is 18. The topological polar surface area (TPSA) is 190 Å². The largest absolute Gasteiger partial charge is 0.456 e. The minimum absolute atomic E-state index is 0.558. The lowest BCUT2D eigenvalue weighted by Crippen LogP contribution is -2.01. The third-order valence-electron chi connectivity index (χ3n) is 25.7. The molecule has 0 fully saturated rings. The van der Waals surface area contributed by atoms with Gasteiger partial charge in [-0.15, -0.1) is 22.7 Å². The Morgan fingerprint density at radius 2 is 0.514 bits per heavy atom. The molecule has 0 unspecified atom stereocenters. The molecule has 0 radical (unpaired) electrons. The van der Waals surface area contributed by atoms with Crippen LogP contribution in [-0.4, -0.2) is 48.6 Å². The van der Waals surface area contributed by atoms with Gasteiger partial charge in [-0.05, 0) is 170 Å². The maximum atomic E-state index is 9.56. The number of furan rings is 1. The maximum Gasteiger partial charge on any atom is 0.164 e. The van der Waals surface area contributed by atoms with E-state index in [0.29, 0.717) is 45.8 Å². The molecule has 0 aliphatic carbocycles. The Hall–Kier alpha value is -18.8. The van der Waals surface area contributed by atoms with Gasteiger partial charge < -0.3 is 18.1 Å². The Morgan fingerprint density at radius 1 is 0.188 bits per heavy atom. The molecule has 138 heavy (non-hydrogen) atoms. The van der Waals surface area contributed by atoms with E-state index in [0.717, 1.165) is 150 Å². The number of aromatic nitrogens is 10. The van der Waals surface area contributed by atoms with Gasteiger partial charge in [-0.25, -0.2) is 34.9 Å². The van der Waals surface area contributed by atoms with E-state index in [4.69, 9.17) is 39.3 Å². The zero-order valence-corrected chi connectivity index (χ0v) is 75.2.